The van der Waals surface area contributed by atoms with Gasteiger partial charge in [0.25, 0.3) is 0 Å². The highest BCUT2D eigenvalue weighted by Crippen LogP contribution is 2.48. The second-order valence-corrected chi connectivity index (χ2v) is 8.08. The maximum absolute atomic E-state index is 12.7. The number of ether oxygens (including phenoxy) is 1. The van der Waals surface area contributed by atoms with Gasteiger partial charge in [-0.2, -0.15) is 28.1 Å². The number of rotatable bonds is 8. The minimum atomic E-state index is -4.54. The first-order chi connectivity index (χ1) is 15.6. The van der Waals surface area contributed by atoms with Crippen LogP contribution in [0, 0.1) is 0 Å². The van der Waals surface area contributed by atoms with Gasteiger partial charge in [-0.1, -0.05) is 23.7 Å². The third-order valence-electron chi connectivity index (χ3n) is 5.03. The Balaban J connectivity index is 1.60. The van der Waals surface area contributed by atoms with Crippen LogP contribution in [-0.2, 0) is 5.54 Å². The van der Waals surface area contributed by atoms with E-state index in [-0.39, 0.29) is 17.7 Å². The molecule has 0 bridgehead atoms. The number of ketones is 1. The molecule has 3 aromatic rings. The van der Waals surface area contributed by atoms with Crippen molar-refractivity contribution in [1.29, 1.82) is 0 Å². The number of aromatic nitrogens is 3. The third-order valence-corrected chi connectivity index (χ3v) is 5.28. The van der Waals surface area contributed by atoms with Crippen molar-refractivity contribution in [2.24, 2.45) is 0 Å². The van der Waals surface area contributed by atoms with Crippen LogP contribution in [0.4, 0.5) is 30.8 Å². The number of anilines is 3. The smallest absolute Gasteiger partial charge is 0.422 e. The fourth-order valence-corrected chi connectivity index (χ4v) is 3.32. The molecular weight excluding hydrogens is 459 g/mol. The second-order valence-electron chi connectivity index (χ2n) is 7.64. The van der Waals surface area contributed by atoms with Crippen molar-refractivity contribution in [3.8, 4) is 6.01 Å². The summed E-state index contributed by atoms with van der Waals surface area (Å²) in [5, 5.41) is 6.71. The average molecular weight is 478 g/mol. The van der Waals surface area contributed by atoms with Crippen molar-refractivity contribution >= 4 is 35.0 Å². The molecule has 172 valence electrons. The molecule has 11 heteroatoms. The first-order valence-electron chi connectivity index (χ1n) is 10.00. The Morgan fingerprint density at radius 2 is 1.67 bits per heavy atom. The molecule has 1 fully saturated rings. The van der Waals surface area contributed by atoms with Crippen molar-refractivity contribution in [3.05, 3.63) is 64.7 Å². The van der Waals surface area contributed by atoms with Crippen LogP contribution in [0.25, 0.3) is 0 Å². The van der Waals surface area contributed by atoms with Crippen LogP contribution in [0.1, 0.15) is 35.7 Å². The normalized spacial score (nSPS) is 14.5. The Bertz CT molecular complexity index is 1150. The molecule has 0 atom stereocenters. The Hall–Kier alpha value is -3.40. The highest BCUT2D eigenvalue weighted by Gasteiger charge is 2.45. The summed E-state index contributed by atoms with van der Waals surface area (Å²) < 4.78 is 42.8. The third kappa shape index (κ3) is 5.89. The minimum absolute atomic E-state index is 0.00726. The average Bonchev–Trinajstić information content (AvgIpc) is 3.53. The SMILES string of the molecule is CC(=O)c1ccc(Nc2nc(NC3(c4ccc(Cl)cc4)CC3)nc(OCC(F)(F)F)n2)cc1. The predicted octanol–water partition coefficient (Wildman–Crippen LogP) is 5.51. The minimum Gasteiger partial charge on any atom is -0.454 e. The molecule has 7 nitrogen and oxygen atoms in total. The lowest BCUT2D eigenvalue weighted by Crippen LogP contribution is -2.23. The Labute approximate surface area is 192 Å². The van der Waals surface area contributed by atoms with E-state index in [1.165, 1.54) is 6.92 Å². The summed E-state index contributed by atoms with van der Waals surface area (Å²) in [6.07, 6.45) is -2.97. The van der Waals surface area contributed by atoms with Crippen LogP contribution in [-0.4, -0.2) is 33.5 Å². The highest BCUT2D eigenvalue weighted by atomic mass is 35.5. The van der Waals surface area contributed by atoms with Crippen molar-refractivity contribution in [2.45, 2.75) is 31.5 Å². The van der Waals surface area contributed by atoms with Crippen LogP contribution in [0.2, 0.25) is 5.02 Å². The Kier molecular flexibility index (Phi) is 6.11. The molecule has 1 aliphatic rings. The standard InChI is InChI=1S/C22H19ClF3N5O2/c1-13(32)14-2-8-17(9-3-14)27-18-28-19(30-20(29-18)33-12-22(24,25)26)31-21(10-11-21)15-4-6-16(23)7-5-15/h2-9H,10-12H2,1H3,(H2,27,28,29,30,31). The second kappa shape index (κ2) is 8.86. The monoisotopic (exact) mass is 477 g/mol. The number of nitrogens with one attached hydrogen (secondary N) is 2. The van der Waals surface area contributed by atoms with E-state index in [1.807, 2.05) is 12.1 Å². The summed E-state index contributed by atoms with van der Waals surface area (Å²) in [5.41, 5.74) is 1.57. The summed E-state index contributed by atoms with van der Waals surface area (Å²) in [4.78, 5) is 23.7. The lowest BCUT2D eigenvalue weighted by molar-refractivity contribution is -0.154. The number of carbonyl (C=O) groups excluding carboxylic acids is 1. The van der Waals surface area contributed by atoms with Crippen LogP contribution in [0.15, 0.2) is 48.5 Å². The molecule has 0 spiro atoms. The molecule has 0 aliphatic heterocycles. The first-order valence-corrected chi connectivity index (χ1v) is 10.4. The molecule has 0 unspecified atom stereocenters. The Morgan fingerprint density at radius 3 is 2.24 bits per heavy atom. The lowest BCUT2D eigenvalue weighted by atomic mass is 10.1. The van der Waals surface area contributed by atoms with Gasteiger partial charge in [-0.05, 0) is 61.7 Å². The maximum Gasteiger partial charge on any atom is 0.422 e. The largest absolute Gasteiger partial charge is 0.454 e. The summed E-state index contributed by atoms with van der Waals surface area (Å²) in [5.74, 6) is -0.0300. The van der Waals surface area contributed by atoms with Crippen molar-refractivity contribution < 1.29 is 22.7 Å². The molecule has 2 aromatic carbocycles. The summed E-state index contributed by atoms with van der Waals surface area (Å²) in [6, 6.07) is 13.3. The first kappa shape index (κ1) is 22.8. The molecule has 2 N–H and O–H groups in total. The Morgan fingerprint density at radius 1 is 1.03 bits per heavy atom. The van der Waals surface area contributed by atoms with Gasteiger partial charge in [0.15, 0.2) is 12.4 Å². The highest BCUT2D eigenvalue weighted by molar-refractivity contribution is 6.30. The van der Waals surface area contributed by atoms with Crippen molar-refractivity contribution in [1.82, 2.24) is 15.0 Å². The van der Waals surface area contributed by atoms with E-state index in [4.69, 9.17) is 16.3 Å². The molecular formula is C22H19ClF3N5O2. The summed E-state index contributed by atoms with van der Waals surface area (Å²) in [6.45, 7) is -0.0868. The van der Waals surface area contributed by atoms with Crippen LogP contribution >= 0.6 is 11.6 Å². The molecule has 1 aliphatic carbocycles. The van der Waals surface area contributed by atoms with E-state index >= 15 is 0 Å². The van der Waals surface area contributed by atoms with E-state index in [9.17, 15) is 18.0 Å². The van der Waals surface area contributed by atoms with Gasteiger partial charge < -0.3 is 15.4 Å². The fraction of sp³-hybridized carbons (Fsp3) is 0.273. The fourth-order valence-electron chi connectivity index (χ4n) is 3.19. The molecule has 0 saturated heterocycles. The molecule has 1 aromatic heterocycles. The number of carbonyl (C=O) groups is 1. The molecule has 4 rings (SSSR count). The predicted molar refractivity (Wildman–Crippen MR) is 117 cm³/mol. The van der Waals surface area contributed by atoms with Crippen molar-refractivity contribution in [2.75, 3.05) is 17.2 Å². The van der Waals surface area contributed by atoms with Gasteiger partial charge >= 0.3 is 12.2 Å². The molecule has 0 radical (unpaired) electrons. The van der Waals surface area contributed by atoms with Crippen molar-refractivity contribution in [3.63, 3.8) is 0 Å². The molecule has 33 heavy (non-hydrogen) atoms. The number of Topliss-reactive ketones (excluding diaryl/α,β-unsaturated/α-hetero) is 1. The van der Waals surface area contributed by atoms with Gasteiger partial charge in [0.1, 0.15) is 0 Å². The maximum atomic E-state index is 12.7. The van der Waals surface area contributed by atoms with Crippen LogP contribution in [0.3, 0.4) is 0 Å². The number of alkyl halides is 3. The quantitative estimate of drug-likeness (QED) is 0.413. The summed E-state index contributed by atoms with van der Waals surface area (Å²) >= 11 is 5.97. The van der Waals surface area contributed by atoms with Gasteiger partial charge in [0.05, 0.1) is 5.54 Å². The van der Waals surface area contributed by atoms with Crippen LogP contribution in [0.5, 0.6) is 6.01 Å². The topological polar surface area (TPSA) is 89.0 Å². The zero-order valence-corrected chi connectivity index (χ0v) is 18.2. The summed E-state index contributed by atoms with van der Waals surface area (Å²) in [7, 11) is 0. The van der Waals surface area contributed by atoms with E-state index in [1.54, 1.807) is 36.4 Å². The zero-order valence-electron chi connectivity index (χ0n) is 17.4. The molecule has 0 amide bonds. The molecule has 1 heterocycles. The van der Waals surface area contributed by atoms with Gasteiger partial charge in [-0.15, -0.1) is 0 Å². The number of hydrogen-bond donors (Lipinski definition) is 2. The number of nitrogens with zero attached hydrogens (tertiary/aromatic N) is 3. The van der Waals surface area contributed by atoms with E-state index in [0.717, 1.165) is 18.4 Å². The van der Waals surface area contributed by atoms with E-state index in [2.05, 4.69) is 25.6 Å². The number of hydrogen-bond acceptors (Lipinski definition) is 7. The van der Waals surface area contributed by atoms with Gasteiger partial charge in [-0.25, -0.2) is 0 Å². The number of benzene rings is 2. The van der Waals surface area contributed by atoms with Gasteiger partial charge in [-0.3, -0.25) is 4.79 Å². The van der Waals surface area contributed by atoms with E-state index < -0.39 is 24.3 Å². The zero-order chi connectivity index (χ0) is 23.6. The lowest BCUT2D eigenvalue weighted by Gasteiger charge is -2.19. The van der Waals surface area contributed by atoms with Crippen LogP contribution < -0.4 is 15.4 Å². The van der Waals surface area contributed by atoms with Gasteiger partial charge in [0.2, 0.25) is 11.9 Å². The van der Waals surface area contributed by atoms with Gasteiger partial charge in [0, 0.05) is 16.3 Å². The van der Waals surface area contributed by atoms with E-state index in [0.29, 0.717) is 16.3 Å². The number of halogens is 4. The molecule has 1 saturated carbocycles.